The van der Waals surface area contributed by atoms with Crippen molar-refractivity contribution in [3.63, 3.8) is 0 Å². The summed E-state index contributed by atoms with van der Waals surface area (Å²) in [5, 5.41) is 4.65. The molecule has 6 heteroatoms. The first kappa shape index (κ1) is 18.6. The fraction of sp³-hybridized carbons (Fsp3) is 0.300. The van der Waals surface area contributed by atoms with Crippen LogP contribution in [0, 0.1) is 0 Å². The fourth-order valence-electron chi connectivity index (χ4n) is 2.98. The van der Waals surface area contributed by atoms with Crippen molar-refractivity contribution in [3.05, 3.63) is 69.7 Å². The van der Waals surface area contributed by atoms with Crippen LogP contribution in [0.3, 0.4) is 0 Å². The van der Waals surface area contributed by atoms with Crippen molar-refractivity contribution >= 4 is 22.5 Å². The van der Waals surface area contributed by atoms with E-state index >= 15 is 0 Å². The van der Waals surface area contributed by atoms with Gasteiger partial charge in [0, 0.05) is 18.7 Å². The van der Waals surface area contributed by atoms with Crippen molar-refractivity contribution in [1.29, 1.82) is 0 Å². The molecule has 0 spiro atoms. The van der Waals surface area contributed by atoms with Crippen LogP contribution < -0.4 is 10.9 Å². The number of nitrogens with one attached hydrogen (secondary N) is 1. The molecule has 0 amide bonds. The molecule has 2 aromatic carbocycles. The van der Waals surface area contributed by atoms with Gasteiger partial charge in [-0.25, -0.2) is 4.98 Å². The van der Waals surface area contributed by atoms with Crippen molar-refractivity contribution in [2.24, 2.45) is 0 Å². The minimum absolute atomic E-state index is 0.0712. The summed E-state index contributed by atoms with van der Waals surface area (Å²) in [7, 11) is 1.67. The van der Waals surface area contributed by atoms with Gasteiger partial charge in [-0.15, -0.1) is 0 Å². The van der Waals surface area contributed by atoms with E-state index in [-0.39, 0.29) is 11.6 Å². The molecule has 5 nitrogen and oxygen atoms in total. The fourth-order valence-corrected chi connectivity index (χ4v) is 3.10. The molecule has 0 aliphatic carbocycles. The third kappa shape index (κ3) is 3.80. The van der Waals surface area contributed by atoms with E-state index in [0.717, 1.165) is 12.1 Å². The normalized spacial score (nSPS) is 12.4. The lowest BCUT2D eigenvalue weighted by atomic mass is 10.1. The van der Waals surface area contributed by atoms with Gasteiger partial charge in [-0.05, 0) is 42.8 Å². The number of para-hydroxylation sites is 1. The Bertz CT molecular complexity index is 938. The smallest absolute Gasteiger partial charge is 0.266 e. The number of hydrogen-bond acceptors (Lipinski definition) is 4. The number of halogens is 1. The summed E-state index contributed by atoms with van der Waals surface area (Å²) in [6, 6.07) is 14.6. The molecule has 0 unspecified atom stereocenters. The predicted octanol–water partition coefficient (Wildman–Crippen LogP) is 3.73. The maximum Gasteiger partial charge on any atom is 0.266 e. The number of hydrogen-bond donors (Lipinski definition) is 1. The van der Waals surface area contributed by atoms with Gasteiger partial charge in [0.1, 0.15) is 5.82 Å². The van der Waals surface area contributed by atoms with Crippen LogP contribution in [0.4, 0.5) is 0 Å². The van der Waals surface area contributed by atoms with Crippen LogP contribution in [0.2, 0.25) is 5.02 Å². The highest BCUT2D eigenvalue weighted by atomic mass is 35.5. The Morgan fingerprint density at radius 2 is 1.92 bits per heavy atom. The van der Waals surface area contributed by atoms with Gasteiger partial charge in [-0.2, -0.15) is 0 Å². The van der Waals surface area contributed by atoms with Gasteiger partial charge in [-0.1, -0.05) is 30.7 Å². The summed E-state index contributed by atoms with van der Waals surface area (Å²) < 4.78 is 6.80. The molecule has 1 heterocycles. The first-order chi connectivity index (χ1) is 12.7. The Labute approximate surface area is 157 Å². The standard InChI is InChI=1S/C20H22ClN3O2/c1-3-17(22-12-13-26-2)19-23-18-7-5-4-6-16(18)20(25)24(19)15-10-8-14(21)9-11-15/h4-11,17,22H,3,12-13H2,1-2H3/t17-/m0/s1. The molecule has 3 rings (SSSR count). The van der Waals surface area contributed by atoms with E-state index in [0.29, 0.717) is 34.9 Å². The monoisotopic (exact) mass is 371 g/mol. The van der Waals surface area contributed by atoms with Crippen molar-refractivity contribution in [2.45, 2.75) is 19.4 Å². The molecule has 136 valence electrons. The minimum atomic E-state index is -0.0834. The van der Waals surface area contributed by atoms with Crippen LogP contribution in [-0.4, -0.2) is 29.8 Å². The lowest BCUT2D eigenvalue weighted by Gasteiger charge is -2.21. The van der Waals surface area contributed by atoms with Gasteiger partial charge in [0.25, 0.3) is 5.56 Å². The molecular formula is C20H22ClN3O2. The lowest BCUT2D eigenvalue weighted by Crippen LogP contribution is -2.32. The van der Waals surface area contributed by atoms with E-state index in [1.165, 1.54) is 0 Å². The van der Waals surface area contributed by atoms with Crippen LogP contribution in [0.1, 0.15) is 25.2 Å². The highest BCUT2D eigenvalue weighted by molar-refractivity contribution is 6.30. The molecule has 26 heavy (non-hydrogen) atoms. The summed E-state index contributed by atoms with van der Waals surface area (Å²) in [5.41, 5.74) is 1.37. The number of rotatable bonds is 7. The Hall–Kier alpha value is -2.21. The Morgan fingerprint density at radius 3 is 2.62 bits per heavy atom. The zero-order valence-electron chi connectivity index (χ0n) is 14.9. The predicted molar refractivity (Wildman–Crippen MR) is 105 cm³/mol. The maximum absolute atomic E-state index is 13.2. The number of fused-ring (bicyclic) bond motifs is 1. The second kappa shape index (κ2) is 8.45. The van der Waals surface area contributed by atoms with Gasteiger partial charge < -0.3 is 10.1 Å². The molecular weight excluding hydrogens is 350 g/mol. The first-order valence-electron chi connectivity index (χ1n) is 8.65. The quantitative estimate of drug-likeness (QED) is 0.643. The number of ether oxygens (including phenoxy) is 1. The van der Waals surface area contributed by atoms with E-state index in [1.54, 1.807) is 29.9 Å². The van der Waals surface area contributed by atoms with Gasteiger partial charge in [0.05, 0.1) is 29.2 Å². The summed E-state index contributed by atoms with van der Waals surface area (Å²) in [4.78, 5) is 18.0. The van der Waals surface area contributed by atoms with Crippen LogP contribution in [0.15, 0.2) is 53.3 Å². The van der Waals surface area contributed by atoms with Gasteiger partial charge >= 0.3 is 0 Å². The molecule has 0 fully saturated rings. The molecule has 0 aliphatic rings. The zero-order chi connectivity index (χ0) is 18.5. The molecule has 1 N–H and O–H groups in total. The highest BCUT2D eigenvalue weighted by Crippen LogP contribution is 2.21. The lowest BCUT2D eigenvalue weighted by molar-refractivity contribution is 0.194. The second-order valence-electron chi connectivity index (χ2n) is 6.01. The SMILES string of the molecule is CC[C@H](NCCOC)c1nc2ccccc2c(=O)n1-c1ccc(Cl)cc1. The molecule has 0 saturated carbocycles. The Kier molecular flexibility index (Phi) is 6.04. The average Bonchev–Trinajstić information content (AvgIpc) is 2.66. The van der Waals surface area contributed by atoms with E-state index < -0.39 is 0 Å². The van der Waals surface area contributed by atoms with Crippen molar-refractivity contribution in [1.82, 2.24) is 14.9 Å². The Morgan fingerprint density at radius 1 is 1.19 bits per heavy atom. The molecule has 1 atom stereocenters. The number of aromatic nitrogens is 2. The Balaban J connectivity index is 2.20. The van der Waals surface area contributed by atoms with Gasteiger partial charge in [0.15, 0.2) is 0 Å². The van der Waals surface area contributed by atoms with Crippen LogP contribution in [-0.2, 0) is 4.74 Å². The van der Waals surface area contributed by atoms with Crippen molar-refractivity contribution in [2.75, 3.05) is 20.3 Å². The highest BCUT2D eigenvalue weighted by Gasteiger charge is 2.19. The molecule has 0 radical (unpaired) electrons. The van der Waals surface area contributed by atoms with Gasteiger partial charge in [-0.3, -0.25) is 9.36 Å². The summed E-state index contributed by atoms with van der Waals surface area (Å²) in [6.07, 6.45) is 0.794. The van der Waals surface area contributed by atoms with E-state index in [4.69, 9.17) is 21.3 Å². The first-order valence-corrected chi connectivity index (χ1v) is 9.03. The molecule has 3 aromatic rings. The summed E-state index contributed by atoms with van der Waals surface area (Å²) in [6.45, 7) is 3.34. The van der Waals surface area contributed by atoms with Crippen LogP contribution >= 0.6 is 11.6 Å². The van der Waals surface area contributed by atoms with Gasteiger partial charge in [0.2, 0.25) is 0 Å². The van der Waals surface area contributed by atoms with E-state index in [2.05, 4.69) is 12.2 Å². The zero-order valence-corrected chi connectivity index (χ0v) is 15.7. The third-order valence-electron chi connectivity index (χ3n) is 4.30. The maximum atomic E-state index is 13.2. The number of nitrogens with zero attached hydrogens (tertiary/aromatic N) is 2. The summed E-state index contributed by atoms with van der Waals surface area (Å²) >= 11 is 6.02. The molecule has 0 saturated heterocycles. The van der Waals surface area contributed by atoms with E-state index in [9.17, 15) is 4.79 Å². The van der Waals surface area contributed by atoms with Crippen molar-refractivity contribution in [3.8, 4) is 5.69 Å². The van der Waals surface area contributed by atoms with E-state index in [1.807, 2.05) is 30.3 Å². The molecule has 0 bridgehead atoms. The van der Waals surface area contributed by atoms with Crippen LogP contribution in [0.5, 0.6) is 0 Å². The second-order valence-corrected chi connectivity index (χ2v) is 6.45. The number of methoxy groups -OCH3 is 1. The third-order valence-corrected chi connectivity index (χ3v) is 4.56. The van der Waals surface area contributed by atoms with Crippen LogP contribution in [0.25, 0.3) is 16.6 Å². The minimum Gasteiger partial charge on any atom is -0.383 e. The average molecular weight is 372 g/mol. The molecule has 1 aromatic heterocycles. The van der Waals surface area contributed by atoms with Crippen molar-refractivity contribution < 1.29 is 4.74 Å². The molecule has 0 aliphatic heterocycles. The largest absolute Gasteiger partial charge is 0.383 e. The number of benzene rings is 2. The topological polar surface area (TPSA) is 56.1 Å². The summed E-state index contributed by atoms with van der Waals surface area (Å²) in [5.74, 6) is 0.689.